The maximum Gasteiger partial charge on any atom is 0.341 e. The van der Waals surface area contributed by atoms with Crippen LogP contribution >= 0.6 is 24.0 Å². The Hall–Kier alpha value is -3.82. The molecule has 9 heteroatoms. The van der Waals surface area contributed by atoms with Gasteiger partial charge >= 0.3 is 5.97 Å². The third kappa shape index (κ3) is 5.38. The van der Waals surface area contributed by atoms with Crippen LogP contribution in [0, 0.1) is 0 Å². The summed E-state index contributed by atoms with van der Waals surface area (Å²) in [5, 5.41) is 8.80. The zero-order chi connectivity index (χ0) is 24.1. The van der Waals surface area contributed by atoms with Gasteiger partial charge in [-0.25, -0.2) is 4.79 Å². The van der Waals surface area contributed by atoms with Crippen LogP contribution in [0.15, 0.2) is 77.7 Å². The fourth-order valence-electron chi connectivity index (χ4n) is 3.16. The van der Waals surface area contributed by atoms with Gasteiger partial charge in [-0.05, 0) is 60.2 Å². The SMILES string of the molecule is COc1cc(/C=C2\SC(=S)N(c3ccc(Oc4ccccc4)cc3)C2=O)ccc1OCC(=O)O. The van der Waals surface area contributed by atoms with E-state index in [0.717, 1.165) is 5.75 Å². The number of para-hydroxylation sites is 1. The zero-order valence-electron chi connectivity index (χ0n) is 18.0. The summed E-state index contributed by atoms with van der Waals surface area (Å²) in [6, 6.07) is 21.5. The molecule has 0 spiro atoms. The number of thioether (sulfide) groups is 1. The molecule has 34 heavy (non-hydrogen) atoms. The second-order valence-electron chi connectivity index (χ2n) is 7.02. The van der Waals surface area contributed by atoms with Crippen LogP contribution in [0.25, 0.3) is 6.08 Å². The highest BCUT2D eigenvalue weighted by atomic mass is 32.2. The van der Waals surface area contributed by atoms with Gasteiger partial charge in [-0.1, -0.05) is 48.2 Å². The van der Waals surface area contributed by atoms with E-state index in [1.54, 1.807) is 48.5 Å². The van der Waals surface area contributed by atoms with Gasteiger partial charge in [-0.15, -0.1) is 0 Å². The summed E-state index contributed by atoms with van der Waals surface area (Å²) in [6.07, 6.45) is 1.70. The number of anilines is 1. The van der Waals surface area contributed by atoms with Crippen molar-refractivity contribution in [2.24, 2.45) is 0 Å². The molecule has 1 N–H and O–H groups in total. The van der Waals surface area contributed by atoms with Crippen molar-refractivity contribution < 1.29 is 28.9 Å². The fourth-order valence-corrected chi connectivity index (χ4v) is 4.46. The van der Waals surface area contributed by atoms with Crippen LogP contribution in [0.3, 0.4) is 0 Å². The molecule has 3 aromatic rings. The van der Waals surface area contributed by atoms with Crippen molar-refractivity contribution in [1.82, 2.24) is 0 Å². The van der Waals surface area contributed by atoms with Crippen molar-refractivity contribution in [3.05, 3.63) is 83.3 Å². The number of benzene rings is 3. The Labute approximate surface area is 205 Å². The van der Waals surface area contributed by atoms with Crippen molar-refractivity contribution in [3.8, 4) is 23.0 Å². The average Bonchev–Trinajstić information content (AvgIpc) is 3.11. The topological polar surface area (TPSA) is 85.3 Å². The van der Waals surface area contributed by atoms with Crippen molar-refractivity contribution in [1.29, 1.82) is 0 Å². The fraction of sp³-hybridized carbons (Fsp3) is 0.0800. The first-order chi connectivity index (χ1) is 16.4. The first kappa shape index (κ1) is 23.3. The Bertz CT molecular complexity index is 1260. The van der Waals surface area contributed by atoms with E-state index in [2.05, 4.69) is 0 Å². The number of nitrogens with zero attached hydrogens (tertiary/aromatic N) is 1. The van der Waals surface area contributed by atoms with Crippen molar-refractivity contribution >= 4 is 51.9 Å². The molecule has 0 aliphatic carbocycles. The number of rotatable bonds is 8. The molecule has 0 unspecified atom stereocenters. The van der Waals surface area contributed by atoms with Gasteiger partial charge < -0.3 is 19.3 Å². The van der Waals surface area contributed by atoms with E-state index in [1.807, 2.05) is 30.3 Å². The smallest absolute Gasteiger partial charge is 0.341 e. The summed E-state index contributed by atoms with van der Waals surface area (Å²) in [6.45, 7) is -0.483. The molecule has 7 nitrogen and oxygen atoms in total. The molecule has 3 aromatic carbocycles. The predicted octanol–water partition coefficient (Wildman–Crippen LogP) is 5.36. The number of aliphatic carboxylic acids is 1. The summed E-state index contributed by atoms with van der Waals surface area (Å²) in [5.74, 6) is 0.699. The molecule has 1 aliphatic heterocycles. The van der Waals surface area contributed by atoms with E-state index in [9.17, 15) is 9.59 Å². The molecule has 1 heterocycles. The molecule has 0 saturated carbocycles. The molecular weight excluding hydrogens is 474 g/mol. The molecule has 1 amide bonds. The first-order valence-electron chi connectivity index (χ1n) is 10.1. The minimum atomic E-state index is -1.09. The predicted molar refractivity (Wildman–Crippen MR) is 135 cm³/mol. The zero-order valence-corrected chi connectivity index (χ0v) is 19.6. The Morgan fingerprint density at radius 2 is 1.74 bits per heavy atom. The molecule has 0 atom stereocenters. The largest absolute Gasteiger partial charge is 0.493 e. The van der Waals surface area contributed by atoms with Gasteiger partial charge in [0, 0.05) is 0 Å². The highest BCUT2D eigenvalue weighted by Crippen LogP contribution is 2.38. The average molecular weight is 494 g/mol. The number of carboxylic acids is 1. The van der Waals surface area contributed by atoms with Gasteiger partial charge in [-0.3, -0.25) is 9.69 Å². The van der Waals surface area contributed by atoms with E-state index in [-0.39, 0.29) is 5.91 Å². The lowest BCUT2D eigenvalue weighted by Gasteiger charge is -2.15. The second-order valence-corrected chi connectivity index (χ2v) is 8.69. The molecule has 0 radical (unpaired) electrons. The lowest BCUT2D eigenvalue weighted by atomic mass is 10.2. The van der Waals surface area contributed by atoms with Gasteiger partial charge in [-0.2, -0.15) is 0 Å². The maximum atomic E-state index is 13.1. The van der Waals surface area contributed by atoms with Crippen molar-refractivity contribution in [2.45, 2.75) is 0 Å². The summed E-state index contributed by atoms with van der Waals surface area (Å²) in [4.78, 5) is 25.8. The minimum Gasteiger partial charge on any atom is -0.493 e. The number of carbonyl (C=O) groups excluding carboxylic acids is 1. The lowest BCUT2D eigenvalue weighted by molar-refractivity contribution is -0.139. The molecule has 172 valence electrons. The number of carbonyl (C=O) groups is 2. The number of hydrogen-bond acceptors (Lipinski definition) is 7. The number of hydrogen-bond donors (Lipinski definition) is 1. The van der Waals surface area contributed by atoms with E-state index < -0.39 is 12.6 Å². The second kappa shape index (κ2) is 10.4. The van der Waals surface area contributed by atoms with Gasteiger partial charge in [0.2, 0.25) is 0 Å². The molecular formula is C25H19NO6S2. The number of ether oxygens (including phenoxy) is 3. The molecule has 1 saturated heterocycles. The van der Waals surface area contributed by atoms with Crippen molar-refractivity contribution in [2.75, 3.05) is 18.6 Å². The quantitative estimate of drug-likeness (QED) is 0.332. The van der Waals surface area contributed by atoms with Gasteiger partial charge in [0.05, 0.1) is 17.7 Å². The highest BCUT2D eigenvalue weighted by Gasteiger charge is 2.33. The van der Waals surface area contributed by atoms with E-state index in [0.29, 0.717) is 37.7 Å². The Morgan fingerprint density at radius 3 is 2.41 bits per heavy atom. The lowest BCUT2D eigenvalue weighted by Crippen LogP contribution is -2.27. The van der Waals surface area contributed by atoms with Crippen LogP contribution in [0.1, 0.15) is 5.56 Å². The summed E-state index contributed by atoms with van der Waals surface area (Å²) >= 11 is 6.65. The number of amides is 1. The van der Waals surface area contributed by atoms with Gasteiger partial charge in [0.1, 0.15) is 11.5 Å². The number of thiocarbonyl (C=S) groups is 1. The van der Waals surface area contributed by atoms with Crippen LogP contribution < -0.4 is 19.1 Å². The summed E-state index contributed by atoms with van der Waals surface area (Å²) in [7, 11) is 1.46. The number of carboxylic acid groups (broad SMARTS) is 1. The standard InChI is InChI=1S/C25H19NO6S2/c1-30-21-13-16(7-12-20(21)31-15-23(27)28)14-22-24(29)26(25(33)34-22)17-8-10-19(11-9-17)32-18-5-3-2-4-6-18/h2-14H,15H2,1H3,(H,27,28)/b22-14-. The van der Waals surface area contributed by atoms with Crippen LogP contribution in [0.4, 0.5) is 5.69 Å². The minimum absolute atomic E-state index is 0.239. The van der Waals surface area contributed by atoms with Crippen LogP contribution in [0.5, 0.6) is 23.0 Å². The molecule has 1 aliphatic rings. The van der Waals surface area contributed by atoms with Crippen molar-refractivity contribution in [3.63, 3.8) is 0 Å². The summed E-state index contributed by atoms with van der Waals surface area (Å²) in [5.41, 5.74) is 1.33. The van der Waals surface area contributed by atoms with Gasteiger partial charge in [0.25, 0.3) is 5.91 Å². The first-order valence-corrected chi connectivity index (χ1v) is 11.3. The summed E-state index contributed by atoms with van der Waals surface area (Å²) < 4.78 is 16.7. The van der Waals surface area contributed by atoms with E-state index >= 15 is 0 Å². The van der Waals surface area contributed by atoms with Crippen LogP contribution in [0.2, 0.25) is 0 Å². The Morgan fingerprint density at radius 1 is 1.03 bits per heavy atom. The van der Waals surface area contributed by atoms with Crippen LogP contribution in [-0.2, 0) is 9.59 Å². The molecule has 4 rings (SSSR count). The van der Waals surface area contributed by atoms with E-state index in [4.69, 9.17) is 31.5 Å². The highest BCUT2D eigenvalue weighted by molar-refractivity contribution is 8.27. The van der Waals surface area contributed by atoms with Gasteiger partial charge in [0.15, 0.2) is 22.4 Å². The molecule has 0 aromatic heterocycles. The van der Waals surface area contributed by atoms with Crippen LogP contribution in [-0.4, -0.2) is 35.0 Å². The Balaban J connectivity index is 1.50. The monoisotopic (exact) mass is 493 g/mol. The van der Waals surface area contributed by atoms with E-state index in [1.165, 1.54) is 23.8 Å². The normalized spacial score (nSPS) is 14.4. The third-order valence-corrected chi connectivity index (χ3v) is 6.01. The number of methoxy groups -OCH3 is 1. The molecule has 0 bridgehead atoms. The molecule has 1 fully saturated rings. The third-order valence-electron chi connectivity index (χ3n) is 4.70. The Kier molecular flexibility index (Phi) is 7.15. The maximum absolute atomic E-state index is 13.1.